The van der Waals surface area contributed by atoms with Crippen LogP contribution >= 0.6 is 23.2 Å². The number of nitrogens with one attached hydrogen (secondary N) is 1. The standard InChI is InChI=1S/C21H16Cl2N2O2/c1-27-19-12-6-16(7-13-19)21(26)25-24-20(14-2-8-17(22)9-3-14)15-4-10-18(23)11-5-15/h2-13H,1H3,(H,25,26). The van der Waals surface area contributed by atoms with Gasteiger partial charge >= 0.3 is 0 Å². The van der Waals surface area contributed by atoms with Crippen LogP contribution in [-0.4, -0.2) is 18.7 Å². The maximum Gasteiger partial charge on any atom is 0.271 e. The molecule has 0 aliphatic carbocycles. The normalized spacial score (nSPS) is 10.2. The molecule has 3 aromatic carbocycles. The number of amides is 1. The van der Waals surface area contributed by atoms with Gasteiger partial charge in [-0.3, -0.25) is 4.79 Å². The summed E-state index contributed by atoms with van der Waals surface area (Å²) >= 11 is 12.0. The Labute approximate surface area is 167 Å². The van der Waals surface area contributed by atoms with Gasteiger partial charge in [-0.25, -0.2) is 5.43 Å². The molecule has 0 atom stereocenters. The molecule has 0 bridgehead atoms. The van der Waals surface area contributed by atoms with E-state index in [-0.39, 0.29) is 5.91 Å². The molecule has 0 fully saturated rings. The number of hydrogen-bond acceptors (Lipinski definition) is 3. The van der Waals surface area contributed by atoms with E-state index in [4.69, 9.17) is 27.9 Å². The zero-order chi connectivity index (χ0) is 19.2. The summed E-state index contributed by atoms with van der Waals surface area (Å²) in [5.41, 5.74) is 5.32. The SMILES string of the molecule is COc1ccc(C(=O)NN=C(c2ccc(Cl)cc2)c2ccc(Cl)cc2)cc1. The van der Waals surface area contributed by atoms with E-state index < -0.39 is 0 Å². The molecule has 1 amide bonds. The number of carbonyl (C=O) groups is 1. The van der Waals surface area contributed by atoms with Crippen molar-refractivity contribution in [2.75, 3.05) is 7.11 Å². The van der Waals surface area contributed by atoms with Crippen LogP contribution in [0.3, 0.4) is 0 Å². The van der Waals surface area contributed by atoms with Crippen molar-refractivity contribution in [1.29, 1.82) is 0 Å². The van der Waals surface area contributed by atoms with E-state index in [1.54, 1.807) is 55.6 Å². The van der Waals surface area contributed by atoms with Crippen LogP contribution in [0.5, 0.6) is 5.75 Å². The Bertz CT molecular complexity index is 903. The summed E-state index contributed by atoms with van der Waals surface area (Å²) in [6.45, 7) is 0. The smallest absolute Gasteiger partial charge is 0.271 e. The summed E-state index contributed by atoms with van der Waals surface area (Å²) in [6.07, 6.45) is 0. The minimum absolute atomic E-state index is 0.321. The minimum atomic E-state index is -0.321. The largest absolute Gasteiger partial charge is 0.497 e. The number of hydrazone groups is 1. The van der Waals surface area contributed by atoms with Crippen molar-refractivity contribution in [2.45, 2.75) is 0 Å². The highest BCUT2D eigenvalue weighted by Gasteiger charge is 2.10. The number of methoxy groups -OCH3 is 1. The second-order valence-corrected chi connectivity index (χ2v) is 6.52. The third kappa shape index (κ3) is 4.88. The fourth-order valence-corrected chi connectivity index (χ4v) is 2.68. The lowest BCUT2D eigenvalue weighted by Gasteiger charge is -2.09. The van der Waals surface area contributed by atoms with E-state index in [1.807, 2.05) is 24.3 Å². The molecule has 4 nitrogen and oxygen atoms in total. The second-order valence-electron chi connectivity index (χ2n) is 5.64. The Morgan fingerprint density at radius 2 is 1.22 bits per heavy atom. The first kappa shape index (κ1) is 19.0. The highest BCUT2D eigenvalue weighted by Crippen LogP contribution is 2.17. The summed E-state index contributed by atoms with van der Waals surface area (Å²) in [6, 6.07) is 21.2. The van der Waals surface area contributed by atoms with E-state index >= 15 is 0 Å². The van der Waals surface area contributed by atoms with Gasteiger partial charge in [0.2, 0.25) is 0 Å². The van der Waals surface area contributed by atoms with Crippen molar-refractivity contribution < 1.29 is 9.53 Å². The molecule has 27 heavy (non-hydrogen) atoms. The van der Waals surface area contributed by atoms with Gasteiger partial charge in [-0.2, -0.15) is 5.10 Å². The summed E-state index contributed by atoms with van der Waals surface area (Å²) in [5, 5.41) is 5.59. The quantitative estimate of drug-likeness (QED) is 0.475. The van der Waals surface area contributed by atoms with Gasteiger partial charge in [0.05, 0.1) is 12.8 Å². The van der Waals surface area contributed by atoms with E-state index in [1.165, 1.54) is 0 Å². The van der Waals surface area contributed by atoms with Crippen LogP contribution < -0.4 is 10.2 Å². The fraction of sp³-hybridized carbons (Fsp3) is 0.0476. The second kappa shape index (κ2) is 8.71. The summed E-state index contributed by atoms with van der Waals surface area (Å²) in [5.74, 6) is 0.358. The summed E-state index contributed by atoms with van der Waals surface area (Å²) in [4.78, 5) is 12.4. The number of halogens is 2. The summed E-state index contributed by atoms with van der Waals surface area (Å²) < 4.78 is 5.10. The molecule has 0 heterocycles. The van der Waals surface area contributed by atoms with Crippen LogP contribution in [0.25, 0.3) is 0 Å². The van der Waals surface area contributed by atoms with E-state index in [0.717, 1.165) is 11.1 Å². The molecule has 0 radical (unpaired) electrons. The van der Waals surface area contributed by atoms with Crippen LogP contribution in [-0.2, 0) is 0 Å². The molecule has 3 aromatic rings. The highest BCUT2D eigenvalue weighted by molar-refractivity contribution is 6.31. The lowest BCUT2D eigenvalue weighted by Crippen LogP contribution is -2.20. The Morgan fingerprint density at radius 3 is 1.67 bits per heavy atom. The maximum absolute atomic E-state index is 12.4. The van der Waals surface area contributed by atoms with Gasteiger partial charge in [0.25, 0.3) is 5.91 Å². The number of rotatable bonds is 5. The number of carbonyl (C=O) groups excluding carboxylic acids is 1. The predicted octanol–water partition coefficient (Wildman–Crippen LogP) is 5.18. The number of nitrogens with zero attached hydrogens (tertiary/aromatic N) is 1. The first-order valence-corrected chi connectivity index (χ1v) is 8.86. The predicted molar refractivity (Wildman–Crippen MR) is 109 cm³/mol. The average Bonchev–Trinajstić information content (AvgIpc) is 2.70. The lowest BCUT2D eigenvalue weighted by molar-refractivity contribution is 0.0955. The Hall–Kier alpha value is -2.82. The average molecular weight is 399 g/mol. The van der Waals surface area contributed by atoms with Gasteiger partial charge in [-0.1, -0.05) is 47.5 Å². The van der Waals surface area contributed by atoms with E-state index in [9.17, 15) is 4.79 Å². The molecule has 136 valence electrons. The molecular weight excluding hydrogens is 383 g/mol. The number of ether oxygens (including phenoxy) is 1. The lowest BCUT2D eigenvalue weighted by atomic mass is 10.0. The van der Waals surface area contributed by atoms with Crippen molar-refractivity contribution in [3.8, 4) is 5.75 Å². The van der Waals surface area contributed by atoms with Gasteiger partial charge in [-0.15, -0.1) is 0 Å². The van der Waals surface area contributed by atoms with Crippen molar-refractivity contribution in [3.63, 3.8) is 0 Å². The van der Waals surface area contributed by atoms with Crippen molar-refractivity contribution >= 4 is 34.8 Å². The Morgan fingerprint density at radius 1 is 0.778 bits per heavy atom. The van der Waals surface area contributed by atoms with Gasteiger partial charge in [0.1, 0.15) is 5.75 Å². The third-order valence-corrected chi connectivity index (χ3v) is 4.36. The first-order chi connectivity index (χ1) is 13.1. The Balaban J connectivity index is 1.90. The molecule has 6 heteroatoms. The van der Waals surface area contributed by atoms with E-state index in [0.29, 0.717) is 27.1 Å². The minimum Gasteiger partial charge on any atom is -0.497 e. The van der Waals surface area contributed by atoms with Crippen molar-refractivity contribution in [2.24, 2.45) is 5.10 Å². The van der Waals surface area contributed by atoms with Crippen LogP contribution in [0.2, 0.25) is 10.0 Å². The number of benzene rings is 3. The zero-order valence-corrected chi connectivity index (χ0v) is 16.0. The zero-order valence-electron chi connectivity index (χ0n) is 14.4. The molecular formula is C21H16Cl2N2O2. The molecule has 0 saturated carbocycles. The summed E-state index contributed by atoms with van der Waals surface area (Å²) in [7, 11) is 1.57. The molecule has 0 aromatic heterocycles. The number of hydrogen-bond donors (Lipinski definition) is 1. The van der Waals surface area contributed by atoms with Gasteiger partial charge < -0.3 is 4.74 Å². The first-order valence-electron chi connectivity index (χ1n) is 8.11. The third-order valence-electron chi connectivity index (χ3n) is 3.86. The topological polar surface area (TPSA) is 50.7 Å². The monoisotopic (exact) mass is 398 g/mol. The molecule has 0 saturated heterocycles. The van der Waals surface area contributed by atoms with Gasteiger partial charge in [0, 0.05) is 26.7 Å². The van der Waals surface area contributed by atoms with E-state index in [2.05, 4.69) is 10.5 Å². The van der Waals surface area contributed by atoms with Crippen LogP contribution in [0.15, 0.2) is 77.9 Å². The van der Waals surface area contributed by atoms with Crippen LogP contribution in [0.4, 0.5) is 0 Å². The molecule has 1 N–H and O–H groups in total. The van der Waals surface area contributed by atoms with Crippen molar-refractivity contribution in [1.82, 2.24) is 5.43 Å². The Kier molecular flexibility index (Phi) is 6.12. The molecule has 0 spiro atoms. The van der Waals surface area contributed by atoms with Crippen LogP contribution in [0, 0.1) is 0 Å². The van der Waals surface area contributed by atoms with Gasteiger partial charge in [-0.05, 0) is 48.5 Å². The fourth-order valence-electron chi connectivity index (χ4n) is 2.42. The highest BCUT2D eigenvalue weighted by atomic mass is 35.5. The molecule has 0 aliphatic rings. The molecule has 0 aliphatic heterocycles. The van der Waals surface area contributed by atoms with Crippen molar-refractivity contribution in [3.05, 3.63) is 99.5 Å². The molecule has 3 rings (SSSR count). The maximum atomic E-state index is 12.4. The van der Waals surface area contributed by atoms with Gasteiger partial charge in [0.15, 0.2) is 0 Å². The van der Waals surface area contributed by atoms with Crippen LogP contribution in [0.1, 0.15) is 21.5 Å². The molecule has 0 unspecified atom stereocenters.